The summed E-state index contributed by atoms with van der Waals surface area (Å²) in [5.74, 6) is -0.138. The van der Waals surface area contributed by atoms with Gasteiger partial charge in [-0.3, -0.25) is 4.79 Å². The van der Waals surface area contributed by atoms with E-state index in [0.29, 0.717) is 5.75 Å². The van der Waals surface area contributed by atoms with Crippen molar-refractivity contribution in [3.63, 3.8) is 0 Å². The Morgan fingerprint density at radius 3 is 2.62 bits per heavy atom. The van der Waals surface area contributed by atoms with Gasteiger partial charge in [-0.15, -0.1) is 0 Å². The molecule has 82 valence electrons. The number of carboxylic acid groups (broad SMARTS) is 1. The van der Waals surface area contributed by atoms with Crippen LogP contribution < -0.4 is 4.74 Å². The Kier molecular flexibility index (Phi) is 3.05. The van der Waals surface area contributed by atoms with Crippen molar-refractivity contribution in [2.75, 3.05) is 6.61 Å². The lowest BCUT2D eigenvalue weighted by atomic mass is 10.1. The van der Waals surface area contributed by atoms with E-state index in [1.54, 1.807) is 0 Å². The van der Waals surface area contributed by atoms with Crippen LogP contribution in [0.1, 0.15) is 6.42 Å². The Bertz CT molecular complexity index is 505. The summed E-state index contributed by atoms with van der Waals surface area (Å²) in [4.78, 5) is 10.3. The number of benzene rings is 2. The molecule has 0 aliphatic heterocycles. The summed E-state index contributed by atoms with van der Waals surface area (Å²) in [5.41, 5.74) is 0. The van der Waals surface area contributed by atoms with Gasteiger partial charge in [0.1, 0.15) is 5.75 Å². The number of carboxylic acids is 1. The number of fused-ring (bicyclic) bond motifs is 1. The molecule has 0 saturated heterocycles. The number of rotatable bonds is 4. The van der Waals surface area contributed by atoms with E-state index in [2.05, 4.69) is 0 Å². The van der Waals surface area contributed by atoms with Crippen molar-refractivity contribution in [3.8, 4) is 5.75 Å². The maximum atomic E-state index is 10.3. The molecule has 0 unspecified atom stereocenters. The third kappa shape index (κ3) is 2.51. The minimum Gasteiger partial charge on any atom is -0.493 e. The van der Waals surface area contributed by atoms with Gasteiger partial charge in [-0.25, -0.2) is 0 Å². The van der Waals surface area contributed by atoms with Crippen molar-refractivity contribution in [3.05, 3.63) is 42.5 Å². The van der Waals surface area contributed by atoms with E-state index in [4.69, 9.17) is 9.84 Å². The maximum Gasteiger partial charge on any atom is 0.306 e. The molecule has 0 fully saturated rings. The maximum absolute atomic E-state index is 10.3. The fourth-order valence-electron chi connectivity index (χ4n) is 1.51. The zero-order chi connectivity index (χ0) is 11.4. The first-order valence-corrected chi connectivity index (χ1v) is 5.09. The number of ether oxygens (including phenoxy) is 1. The van der Waals surface area contributed by atoms with E-state index in [1.165, 1.54) is 0 Å². The highest BCUT2D eigenvalue weighted by atomic mass is 16.5. The van der Waals surface area contributed by atoms with Gasteiger partial charge < -0.3 is 9.84 Å². The second kappa shape index (κ2) is 4.66. The van der Waals surface area contributed by atoms with Crippen molar-refractivity contribution in [2.45, 2.75) is 6.42 Å². The summed E-state index contributed by atoms with van der Waals surface area (Å²) in [6.45, 7) is 0.202. The first kappa shape index (κ1) is 10.5. The number of aliphatic carboxylic acids is 1. The van der Waals surface area contributed by atoms with E-state index in [1.807, 2.05) is 42.5 Å². The molecule has 0 atom stereocenters. The summed E-state index contributed by atoms with van der Waals surface area (Å²) < 4.78 is 5.34. The molecule has 2 rings (SSSR count). The van der Waals surface area contributed by atoms with Crippen LogP contribution in [0.25, 0.3) is 10.8 Å². The lowest BCUT2D eigenvalue weighted by molar-refractivity contribution is -0.137. The molecule has 0 radical (unpaired) electrons. The summed E-state index contributed by atoms with van der Waals surface area (Å²) >= 11 is 0. The second-order valence-electron chi connectivity index (χ2n) is 3.50. The molecular formula is C13H12O3. The van der Waals surface area contributed by atoms with Gasteiger partial charge in [-0.1, -0.05) is 30.3 Å². The van der Waals surface area contributed by atoms with Crippen molar-refractivity contribution < 1.29 is 14.6 Å². The van der Waals surface area contributed by atoms with Crippen molar-refractivity contribution in [1.29, 1.82) is 0 Å². The fraction of sp³-hybridized carbons (Fsp3) is 0.154. The van der Waals surface area contributed by atoms with E-state index in [0.717, 1.165) is 10.8 Å². The van der Waals surface area contributed by atoms with Crippen LogP contribution in [-0.2, 0) is 4.79 Å². The highest BCUT2D eigenvalue weighted by Crippen LogP contribution is 2.20. The lowest BCUT2D eigenvalue weighted by Crippen LogP contribution is -2.04. The van der Waals surface area contributed by atoms with Gasteiger partial charge in [0.15, 0.2) is 0 Å². The van der Waals surface area contributed by atoms with Crippen molar-refractivity contribution in [1.82, 2.24) is 0 Å². The van der Waals surface area contributed by atoms with Gasteiger partial charge in [0, 0.05) is 0 Å². The summed E-state index contributed by atoms with van der Waals surface area (Å²) in [6, 6.07) is 13.7. The Balaban J connectivity index is 2.10. The quantitative estimate of drug-likeness (QED) is 0.854. The van der Waals surface area contributed by atoms with Crippen LogP contribution in [0.3, 0.4) is 0 Å². The Hall–Kier alpha value is -2.03. The van der Waals surface area contributed by atoms with Crippen LogP contribution in [0.15, 0.2) is 42.5 Å². The average Bonchev–Trinajstić information content (AvgIpc) is 2.28. The summed E-state index contributed by atoms with van der Waals surface area (Å²) in [6.07, 6.45) is 0.0207. The SMILES string of the molecule is O=C(O)CCOc1ccc2ccccc2c1. The zero-order valence-corrected chi connectivity index (χ0v) is 8.72. The molecule has 16 heavy (non-hydrogen) atoms. The van der Waals surface area contributed by atoms with Crippen LogP contribution >= 0.6 is 0 Å². The van der Waals surface area contributed by atoms with Gasteiger partial charge in [0.05, 0.1) is 13.0 Å². The van der Waals surface area contributed by atoms with E-state index < -0.39 is 5.97 Å². The minimum atomic E-state index is -0.846. The molecule has 0 aromatic heterocycles. The van der Waals surface area contributed by atoms with Crippen molar-refractivity contribution in [2.24, 2.45) is 0 Å². The fourth-order valence-corrected chi connectivity index (χ4v) is 1.51. The molecule has 2 aromatic rings. The molecule has 0 heterocycles. The molecule has 0 aliphatic carbocycles. The van der Waals surface area contributed by atoms with Gasteiger partial charge in [-0.2, -0.15) is 0 Å². The third-order valence-electron chi connectivity index (χ3n) is 2.31. The van der Waals surface area contributed by atoms with Crippen LogP contribution in [-0.4, -0.2) is 17.7 Å². The van der Waals surface area contributed by atoms with E-state index >= 15 is 0 Å². The van der Waals surface area contributed by atoms with Gasteiger partial charge in [0.2, 0.25) is 0 Å². The smallest absolute Gasteiger partial charge is 0.306 e. The number of hydrogen-bond acceptors (Lipinski definition) is 2. The Labute approximate surface area is 93.3 Å². The Morgan fingerprint density at radius 2 is 1.88 bits per heavy atom. The second-order valence-corrected chi connectivity index (χ2v) is 3.50. The Morgan fingerprint density at radius 1 is 1.12 bits per heavy atom. The largest absolute Gasteiger partial charge is 0.493 e. The van der Waals surface area contributed by atoms with Crippen LogP contribution in [0, 0.1) is 0 Å². The van der Waals surface area contributed by atoms with Crippen LogP contribution in [0.5, 0.6) is 5.75 Å². The molecule has 3 heteroatoms. The molecule has 1 N–H and O–H groups in total. The molecule has 0 amide bonds. The molecule has 0 aliphatic rings. The molecule has 2 aromatic carbocycles. The van der Waals surface area contributed by atoms with E-state index in [9.17, 15) is 4.79 Å². The van der Waals surface area contributed by atoms with E-state index in [-0.39, 0.29) is 13.0 Å². The highest BCUT2D eigenvalue weighted by molar-refractivity contribution is 5.83. The van der Waals surface area contributed by atoms with Gasteiger partial charge >= 0.3 is 5.97 Å². The molecule has 0 spiro atoms. The third-order valence-corrected chi connectivity index (χ3v) is 2.31. The predicted octanol–water partition coefficient (Wildman–Crippen LogP) is 2.69. The van der Waals surface area contributed by atoms with Gasteiger partial charge in [0.25, 0.3) is 0 Å². The molecule has 0 bridgehead atoms. The first-order valence-electron chi connectivity index (χ1n) is 5.09. The standard InChI is InChI=1S/C13H12O3/c14-13(15)7-8-16-12-6-5-10-3-1-2-4-11(10)9-12/h1-6,9H,7-8H2,(H,14,15). The first-order chi connectivity index (χ1) is 7.75. The molecule has 0 saturated carbocycles. The summed E-state index contributed by atoms with van der Waals surface area (Å²) in [7, 11) is 0. The average molecular weight is 216 g/mol. The molecular weight excluding hydrogens is 204 g/mol. The van der Waals surface area contributed by atoms with Crippen LogP contribution in [0.2, 0.25) is 0 Å². The minimum absolute atomic E-state index is 0.0207. The van der Waals surface area contributed by atoms with Crippen molar-refractivity contribution >= 4 is 16.7 Å². The van der Waals surface area contributed by atoms with Gasteiger partial charge in [-0.05, 0) is 22.9 Å². The molecule has 3 nitrogen and oxygen atoms in total. The summed E-state index contributed by atoms with van der Waals surface area (Å²) in [5, 5.41) is 10.7. The lowest BCUT2D eigenvalue weighted by Gasteiger charge is -2.05. The zero-order valence-electron chi connectivity index (χ0n) is 8.72. The number of hydrogen-bond donors (Lipinski definition) is 1. The highest BCUT2D eigenvalue weighted by Gasteiger charge is 1.99. The number of carbonyl (C=O) groups is 1. The topological polar surface area (TPSA) is 46.5 Å². The normalized spacial score (nSPS) is 10.2. The predicted molar refractivity (Wildman–Crippen MR) is 61.7 cm³/mol. The van der Waals surface area contributed by atoms with Crippen LogP contribution in [0.4, 0.5) is 0 Å². The monoisotopic (exact) mass is 216 g/mol.